The van der Waals surface area contributed by atoms with Crippen molar-refractivity contribution in [3.05, 3.63) is 65.7 Å². The number of benzene rings is 2. The average Bonchev–Trinajstić information content (AvgIpc) is 3.32. The Balaban J connectivity index is 1.63. The lowest BCUT2D eigenvalue weighted by atomic mass is 10.1. The molecule has 0 aliphatic rings. The molecule has 37 heavy (non-hydrogen) atoms. The van der Waals surface area contributed by atoms with E-state index in [-0.39, 0.29) is 22.2 Å². The predicted molar refractivity (Wildman–Crippen MR) is 135 cm³/mol. The molecule has 13 nitrogen and oxygen atoms in total. The third-order valence-corrected chi connectivity index (χ3v) is 7.32. The summed E-state index contributed by atoms with van der Waals surface area (Å²) in [4.78, 5) is 26.8. The van der Waals surface area contributed by atoms with Crippen molar-refractivity contribution in [2.75, 3.05) is 16.4 Å². The number of nitrogens with zero attached hydrogens (tertiary/aromatic N) is 1. The quantitative estimate of drug-likeness (QED) is 0.195. The number of nitrogens with one attached hydrogen (secondary N) is 3. The molecule has 0 unspecified atom stereocenters. The molecule has 7 N–H and O–H groups in total. The summed E-state index contributed by atoms with van der Waals surface area (Å²) in [5.41, 5.74) is 7.44. The summed E-state index contributed by atoms with van der Waals surface area (Å²) in [5.74, 6) is -1.06. The maximum absolute atomic E-state index is 12.9. The van der Waals surface area contributed by atoms with Gasteiger partial charge in [0, 0.05) is 36.1 Å². The van der Waals surface area contributed by atoms with E-state index in [1.54, 1.807) is 24.7 Å². The number of H-pyrrole nitrogens is 1. The molecule has 0 aliphatic carbocycles. The van der Waals surface area contributed by atoms with Gasteiger partial charge in [0.05, 0.1) is 16.3 Å². The van der Waals surface area contributed by atoms with Crippen molar-refractivity contribution >= 4 is 59.9 Å². The molecule has 2 aromatic carbocycles. The molecule has 0 saturated carbocycles. The minimum Gasteiger partial charge on any atom is -0.397 e. The van der Waals surface area contributed by atoms with Gasteiger partial charge in [-0.05, 0) is 42.6 Å². The standard InChI is InChI=1S/C22H21N5O8S2/c1-11-17(26-21(28)18-6-13(23)10-27(18)2)9-24-20(11)22(29)25-14-4-3-12-5-15(36(30,31)32)8-19(16(12)7-14)37(33,34)35/h3-10,24H,23H2,1-2H3,(H,25,29)(H,26,28)(H,30,31,32)(H,33,34,35). The number of aromatic amines is 1. The lowest BCUT2D eigenvalue weighted by molar-refractivity contribution is 0.101. The Morgan fingerprint density at radius 2 is 1.68 bits per heavy atom. The predicted octanol–water partition coefficient (Wildman–Crippen LogP) is 2.40. The van der Waals surface area contributed by atoms with Crippen LogP contribution in [-0.2, 0) is 27.3 Å². The van der Waals surface area contributed by atoms with Crippen molar-refractivity contribution in [1.82, 2.24) is 9.55 Å². The fourth-order valence-corrected chi connectivity index (χ4v) is 5.14. The molecule has 0 spiro atoms. The van der Waals surface area contributed by atoms with Crippen molar-refractivity contribution in [3.63, 3.8) is 0 Å². The number of aromatic nitrogens is 2. The lowest BCUT2D eigenvalue weighted by Gasteiger charge is -2.10. The molecule has 0 aliphatic heterocycles. The van der Waals surface area contributed by atoms with Crippen LogP contribution in [0.1, 0.15) is 26.5 Å². The van der Waals surface area contributed by atoms with E-state index in [1.165, 1.54) is 30.5 Å². The van der Waals surface area contributed by atoms with Crippen LogP contribution < -0.4 is 16.4 Å². The molecule has 0 radical (unpaired) electrons. The van der Waals surface area contributed by atoms with Crippen LogP contribution in [0.5, 0.6) is 0 Å². The maximum atomic E-state index is 12.9. The molecule has 4 rings (SSSR count). The van der Waals surface area contributed by atoms with Gasteiger partial charge >= 0.3 is 0 Å². The van der Waals surface area contributed by atoms with Gasteiger partial charge in [0.15, 0.2) is 0 Å². The maximum Gasteiger partial charge on any atom is 0.295 e. The van der Waals surface area contributed by atoms with E-state index in [2.05, 4.69) is 15.6 Å². The Bertz CT molecular complexity index is 1800. The van der Waals surface area contributed by atoms with E-state index in [0.717, 1.165) is 6.07 Å². The van der Waals surface area contributed by atoms with Crippen LogP contribution in [0.3, 0.4) is 0 Å². The van der Waals surface area contributed by atoms with Crippen LogP contribution in [0.4, 0.5) is 17.1 Å². The van der Waals surface area contributed by atoms with E-state index < -0.39 is 41.8 Å². The van der Waals surface area contributed by atoms with Gasteiger partial charge in [-0.2, -0.15) is 16.8 Å². The van der Waals surface area contributed by atoms with Gasteiger partial charge in [0.1, 0.15) is 16.3 Å². The number of hydrogen-bond acceptors (Lipinski definition) is 7. The van der Waals surface area contributed by atoms with Crippen molar-refractivity contribution in [2.45, 2.75) is 16.7 Å². The molecule has 0 fully saturated rings. The molecule has 0 atom stereocenters. The highest BCUT2D eigenvalue weighted by Crippen LogP contribution is 2.30. The monoisotopic (exact) mass is 547 g/mol. The van der Waals surface area contributed by atoms with Crippen LogP contribution in [0.25, 0.3) is 10.8 Å². The second-order valence-electron chi connectivity index (χ2n) is 8.19. The highest BCUT2D eigenvalue weighted by Gasteiger charge is 2.22. The van der Waals surface area contributed by atoms with Crippen molar-refractivity contribution < 1.29 is 35.5 Å². The second kappa shape index (κ2) is 9.04. The number of nitrogens with two attached hydrogens (primary N) is 1. The molecule has 194 valence electrons. The molecule has 4 aromatic rings. The summed E-state index contributed by atoms with van der Waals surface area (Å²) in [6.07, 6.45) is 3.01. The number of hydrogen-bond donors (Lipinski definition) is 6. The molecule has 2 amide bonds. The van der Waals surface area contributed by atoms with Gasteiger partial charge in [-0.1, -0.05) is 6.07 Å². The molecular formula is C22H21N5O8S2. The summed E-state index contributed by atoms with van der Waals surface area (Å²) >= 11 is 0. The fourth-order valence-electron chi connectivity index (χ4n) is 3.79. The minimum absolute atomic E-state index is 0.0723. The first-order valence-electron chi connectivity index (χ1n) is 10.4. The SMILES string of the molecule is Cc1c(NC(=O)c2cc(N)cn2C)c[nH]c1C(=O)Nc1ccc2cc(S(=O)(=O)O)cc(S(=O)(=O)O)c2c1. The zero-order chi connectivity index (χ0) is 27.3. The number of carbonyl (C=O) groups excluding carboxylic acids is 2. The average molecular weight is 548 g/mol. The van der Waals surface area contributed by atoms with Gasteiger partial charge in [-0.3, -0.25) is 18.7 Å². The van der Waals surface area contributed by atoms with Crippen LogP contribution in [-0.4, -0.2) is 47.3 Å². The van der Waals surface area contributed by atoms with Crippen molar-refractivity contribution in [1.29, 1.82) is 0 Å². The number of anilines is 3. The van der Waals surface area contributed by atoms with E-state index in [4.69, 9.17) is 5.73 Å². The van der Waals surface area contributed by atoms with E-state index in [1.807, 2.05) is 0 Å². The molecule has 0 saturated heterocycles. The highest BCUT2D eigenvalue weighted by atomic mass is 32.2. The second-order valence-corrected chi connectivity index (χ2v) is 11.0. The Hall–Kier alpha value is -4.18. The Morgan fingerprint density at radius 1 is 0.973 bits per heavy atom. The highest BCUT2D eigenvalue weighted by molar-refractivity contribution is 7.86. The number of fused-ring (bicyclic) bond motifs is 1. The smallest absolute Gasteiger partial charge is 0.295 e. The number of aryl methyl sites for hydroxylation is 1. The van der Waals surface area contributed by atoms with Gasteiger partial charge in [0.2, 0.25) is 0 Å². The summed E-state index contributed by atoms with van der Waals surface area (Å²) in [5, 5.41) is 5.25. The largest absolute Gasteiger partial charge is 0.397 e. The molecular weight excluding hydrogens is 526 g/mol. The zero-order valence-corrected chi connectivity index (χ0v) is 20.9. The van der Waals surface area contributed by atoms with Gasteiger partial charge < -0.3 is 25.9 Å². The Labute approximate surface area is 210 Å². The summed E-state index contributed by atoms with van der Waals surface area (Å²) in [7, 11) is -7.99. The first-order chi connectivity index (χ1) is 17.1. The van der Waals surface area contributed by atoms with Gasteiger partial charge in [0.25, 0.3) is 32.1 Å². The topological polar surface area (TPSA) is 214 Å². The number of carbonyl (C=O) groups is 2. The number of rotatable bonds is 6. The third kappa shape index (κ3) is 5.19. The van der Waals surface area contributed by atoms with Crippen LogP contribution in [0, 0.1) is 6.92 Å². The molecule has 2 aromatic heterocycles. The third-order valence-electron chi connectivity index (χ3n) is 5.60. The van der Waals surface area contributed by atoms with E-state index in [0.29, 0.717) is 28.7 Å². The first kappa shape index (κ1) is 25.9. The number of amides is 2. The molecule has 15 heteroatoms. The fraction of sp³-hybridized carbons (Fsp3) is 0.0909. The molecule has 0 bridgehead atoms. The van der Waals surface area contributed by atoms with Crippen molar-refractivity contribution in [3.8, 4) is 0 Å². The number of nitrogen functional groups attached to an aromatic ring is 1. The van der Waals surface area contributed by atoms with Crippen molar-refractivity contribution in [2.24, 2.45) is 7.05 Å². The Morgan fingerprint density at radius 3 is 2.27 bits per heavy atom. The summed E-state index contributed by atoms with van der Waals surface area (Å²) in [6, 6.07) is 7.06. The van der Waals surface area contributed by atoms with Gasteiger partial charge in [-0.25, -0.2) is 0 Å². The molecule has 2 heterocycles. The Kier molecular flexibility index (Phi) is 6.33. The summed E-state index contributed by atoms with van der Waals surface area (Å²) < 4.78 is 67.2. The summed E-state index contributed by atoms with van der Waals surface area (Å²) in [6.45, 7) is 1.61. The van der Waals surface area contributed by atoms with E-state index in [9.17, 15) is 35.5 Å². The minimum atomic E-state index is -4.89. The first-order valence-corrected chi connectivity index (χ1v) is 13.3. The van der Waals surface area contributed by atoms with E-state index >= 15 is 0 Å². The normalized spacial score (nSPS) is 12.0. The van der Waals surface area contributed by atoms with Crippen LogP contribution in [0.2, 0.25) is 0 Å². The van der Waals surface area contributed by atoms with Gasteiger partial charge in [-0.15, -0.1) is 0 Å². The van der Waals surface area contributed by atoms with Crippen LogP contribution >= 0.6 is 0 Å². The van der Waals surface area contributed by atoms with Crippen LogP contribution in [0.15, 0.2) is 58.6 Å². The zero-order valence-electron chi connectivity index (χ0n) is 19.3. The lowest BCUT2D eigenvalue weighted by Crippen LogP contribution is -2.16.